The lowest BCUT2D eigenvalue weighted by Crippen LogP contribution is -2.19. The van der Waals surface area contributed by atoms with Crippen molar-refractivity contribution in [2.24, 2.45) is 0 Å². The van der Waals surface area contributed by atoms with E-state index in [1.807, 2.05) is 17.6 Å². The van der Waals surface area contributed by atoms with Crippen molar-refractivity contribution in [3.05, 3.63) is 54.0 Å². The second-order valence-electron chi connectivity index (χ2n) is 4.99. The van der Waals surface area contributed by atoms with E-state index in [-0.39, 0.29) is 0 Å². The van der Waals surface area contributed by atoms with E-state index in [0.29, 0.717) is 5.82 Å². The molecule has 5 heteroatoms. The van der Waals surface area contributed by atoms with Gasteiger partial charge in [0.25, 0.3) is 0 Å². The first-order valence-corrected chi connectivity index (χ1v) is 6.49. The van der Waals surface area contributed by atoms with Gasteiger partial charge in [0, 0.05) is 26.0 Å². The van der Waals surface area contributed by atoms with Crippen LogP contribution in [0.1, 0.15) is 11.1 Å². The first kappa shape index (κ1) is 12.5. The molecule has 0 unspecified atom stereocenters. The summed E-state index contributed by atoms with van der Waals surface area (Å²) in [5.41, 5.74) is 9.15. The van der Waals surface area contributed by atoms with E-state index in [1.165, 1.54) is 11.1 Å². The number of hydrogen-bond donors (Lipinski definition) is 1. The smallest absolute Gasteiger partial charge is 0.180 e. The summed E-state index contributed by atoms with van der Waals surface area (Å²) < 4.78 is 1.89. The third-order valence-electron chi connectivity index (χ3n) is 3.28. The van der Waals surface area contributed by atoms with Crippen molar-refractivity contribution < 1.29 is 0 Å². The van der Waals surface area contributed by atoms with E-state index in [9.17, 15) is 0 Å². The van der Waals surface area contributed by atoms with E-state index < -0.39 is 0 Å². The summed E-state index contributed by atoms with van der Waals surface area (Å²) in [5, 5.41) is 0. The van der Waals surface area contributed by atoms with Crippen LogP contribution in [0.15, 0.2) is 42.9 Å². The second-order valence-corrected chi connectivity index (χ2v) is 4.99. The van der Waals surface area contributed by atoms with E-state index in [4.69, 9.17) is 5.73 Å². The highest BCUT2D eigenvalue weighted by molar-refractivity contribution is 5.66. The first-order chi connectivity index (χ1) is 9.63. The van der Waals surface area contributed by atoms with Crippen molar-refractivity contribution in [1.29, 1.82) is 0 Å². The van der Waals surface area contributed by atoms with Crippen LogP contribution in [-0.2, 0) is 6.54 Å². The van der Waals surface area contributed by atoms with Gasteiger partial charge in [-0.25, -0.2) is 9.97 Å². The van der Waals surface area contributed by atoms with Gasteiger partial charge in [0.05, 0.1) is 6.20 Å². The maximum absolute atomic E-state index is 5.85. The number of nitrogens with zero attached hydrogens (tertiary/aromatic N) is 4. The molecular formula is C15H17N5. The third-order valence-corrected chi connectivity index (χ3v) is 3.28. The molecule has 1 aromatic carbocycles. The first-order valence-electron chi connectivity index (χ1n) is 6.49. The Morgan fingerprint density at radius 3 is 2.75 bits per heavy atom. The van der Waals surface area contributed by atoms with E-state index in [0.717, 1.165) is 18.0 Å². The standard InChI is InChI=1S/C15H17N5/c1-11-3-5-12(6-4-11)9-19(2)15-14-17-7-8-20(14)10-13(16)18-15/h3-8,10H,9,16H2,1-2H3. The molecule has 0 radical (unpaired) electrons. The minimum atomic E-state index is 0.487. The van der Waals surface area contributed by atoms with Crippen LogP contribution < -0.4 is 10.6 Å². The SMILES string of the molecule is Cc1ccc(CN(C)c2nc(N)cn3ccnc23)cc1. The fourth-order valence-electron chi connectivity index (χ4n) is 2.23. The average molecular weight is 267 g/mol. The van der Waals surface area contributed by atoms with E-state index in [2.05, 4.69) is 46.1 Å². The van der Waals surface area contributed by atoms with Gasteiger partial charge < -0.3 is 15.0 Å². The molecule has 2 heterocycles. The number of anilines is 2. The van der Waals surface area contributed by atoms with Crippen molar-refractivity contribution >= 4 is 17.3 Å². The zero-order valence-electron chi connectivity index (χ0n) is 11.6. The summed E-state index contributed by atoms with van der Waals surface area (Å²) in [6.45, 7) is 2.85. The van der Waals surface area contributed by atoms with Gasteiger partial charge in [-0.05, 0) is 12.5 Å². The molecule has 0 atom stereocenters. The minimum Gasteiger partial charge on any atom is -0.382 e. The van der Waals surface area contributed by atoms with Gasteiger partial charge >= 0.3 is 0 Å². The summed E-state index contributed by atoms with van der Waals surface area (Å²) in [6.07, 6.45) is 5.39. The fourth-order valence-corrected chi connectivity index (χ4v) is 2.23. The van der Waals surface area contributed by atoms with Crippen LogP contribution in [0, 0.1) is 6.92 Å². The van der Waals surface area contributed by atoms with E-state index >= 15 is 0 Å². The molecule has 0 aliphatic heterocycles. The topological polar surface area (TPSA) is 59.5 Å². The molecule has 0 aliphatic carbocycles. The predicted octanol–water partition coefficient (Wildman–Crippen LogP) is 2.26. The van der Waals surface area contributed by atoms with Gasteiger partial charge in [0.15, 0.2) is 11.5 Å². The summed E-state index contributed by atoms with van der Waals surface area (Å²) >= 11 is 0. The molecular weight excluding hydrogens is 250 g/mol. The number of aryl methyl sites for hydroxylation is 1. The number of nitrogen functional groups attached to an aromatic ring is 1. The Labute approximate surface area is 117 Å². The van der Waals surface area contributed by atoms with Crippen LogP contribution in [0.5, 0.6) is 0 Å². The van der Waals surface area contributed by atoms with Gasteiger partial charge in [0.1, 0.15) is 5.82 Å². The molecule has 20 heavy (non-hydrogen) atoms. The molecule has 0 saturated heterocycles. The number of hydrogen-bond acceptors (Lipinski definition) is 4. The van der Waals surface area contributed by atoms with E-state index in [1.54, 1.807) is 12.4 Å². The molecule has 0 spiro atoms. The zero-order valence-corrected chi connectivity index (χ0v) is 11.6. The van der Waals surface area contributed by atoms with Crippen LogP contribution in [0.2, 0.25) is 0 Å². The molecule has 0 bridgehead atoms. The van der Waals surface area contributed by atoms with Crippen LogP contribution in [0.3, 0.4) is 0 Å². The Hall–Kier alpha value is -2.56. The lowest BCUT2D eigenvalue weighted by atomic mass is 10.1. The normalized spacial score (nSPS) is 10.9. The number of benzene rings is 1. The third kappa shape index (κ3) is 2.30. The molecule has 2 N–H and O–H groups in total. The van der Waals surface area contributed by atoms with Crippen LogP contribution >= 0.6 is 0 Å². The number of rotatable bonds is 3. The van der Waals surface area contributed by atoms with Crippen molar-refractivity contribution in [3.8, 4) is 0 Å². The molecule has 102 valence electrons. The van der Waals surface area contributed by atoms with Crippen LogP contribution in [0.4, 0.5) is 11.6 Å². The van der Waals surface area contributed by atoms with Gasteiger partial charge in [0.2, 0.25) is 0 Å². The zero-order chi connectivity index (χ0) is 14.1. The highest BCUT2D eigenvalue weighted by Gasteiger charge is 2.11. The Morgan fingerprint density at radius 1 is 1.25 bits per heavy atom. The molecule has 0 saturated carbocycles. The maximum atomic E-state index is 5.85. The molecule has 0 fully saturated rings. The minimum absolute atomic E-state index is 0.487. The Balaban J connectivity index is 1.93. The van der Waals surface area contributed by atoms with Crippen molar-refractivity contribution in [3.63, 3.8) is 0 Å². The largest absolute Gasteiger partial charge is 0.382 e. The fraction of sp³-hybridized carbons (Fsp3) is 0.200. The molecule has 0 aliphatic rings. The Morgan fingerprint density at radius 2 is 2.00 bits per heavy atom. The van der Waals surface area contributed by atoms with Crippen molar-refractivity contribution in [1.82, 2.24) is 14.4 Å². The average Bonchev–Trinajstić information content (AvgIpc) is 2.88. The van der Waals surface area contributed by atoms with Crippen molar-refractivity contribution in [2.75, 3.05) is 17.7 Å². The Kier molecular flexibility index (Phi) is 3.02. The lowest BCUT2D eigenvalue weighted by molar-refractivity contribution is 0.893. The molecule has 2 aromatic heterocycles. The molecule has 3 aromatic rings. The summed E-state index contributed by atoms with van der Waals surface area (Å²) in [5.74, 6) is 1.27. The summed E-state index contributed by atoms with van der Waals surface area (Å²) in [6, 6.07) is 8.48. The predicted molar refractivity (Wildman–Crippen MR) is 80.7 cm³/mol. The second kappa shape index (κ2) is 4.85. The molecule has 0 amide bonds. The molecule has 5 nitrogen and oxygen atoms in total. The lowest BCUT2D eigenvalue weighted by Gasteiger charge is -2.19. The van der Waals surface area contributed by atoms with Gasteiger partial charge in [-0.2, -0.15) is 0 Å². The highest BCUT2D eigenvalue weighted by Crippen LogP contribution is 2.20. The number of nitrogens with two attached hydrogens (primary N) is 1. The van der Waals surface area contributed by atoms with Crippen molar-refractivity contribution in [2.45, 2.75) is 13.5 Å². The number of aromatic nitrogens is 3. The highest BCUT2D eigenvalue weighted by atomic mass is 15.2. The molecule has 3 rings (SSSR count). The Bertz CT molecular complexity index is 730. The van der Waals surface area contributed by atoms with Gasteiger partial charge in [-0.3, -0.25) is 0 Å². The monoisotopic (exact) mass is 267 g/mol. The van der Waals surface area contributed by atoms with Crippen LogP contribution in [-0.4, -0.2) is 21.4 Å². The number of fused-ring (bicyclic) bond motifs is 1. The maximum Gasteiger partial charge on any atom is 0.180 e. The van der Waals surface area contributed by atoms with Gasteiger partial charge in [-0.1, -0.05) is 29.8 Å². The summed E-state index contributed by atoms with van der Waals surface area (Å²) in [7, 11) is 2.00. The number of imidazole rings is 1. The van der Waals surface area contributed by atoms with Crippen LogP contribution in [0.25, 0.3) is 5.65 Å². The quantitative estimate of drug-likeness (QED) is 0.790. The van der Waals surface area contributed by atoms with Gasteiger partial charge in [-0.15, -0.1) is 0 Å². The summed E-state index contributed by atoms with van der Waals surface area (Å²) in [4.78, 5) is 10.8.